The summed E-state index contributed by atoms with van der Waals surface area (Å²) in [4.78, 5) is 4.01. The monoisotopic (exact) mass is 341 g/mol. The Morgan fingerprint density at radius 1 is 0.917 bits per heavy atom. The van der Waals surface area contributed by atoms with Gasteiger partial charge in [-0.15, -0.1) is 0 Å². The molecule has 0 spiro atoms. The maximum Gasteiger partial charge on any atom is 0.216 e. The first-order valence-corrected chi connectivity index (χ1v) is 9.31. The molecule has 1 N–H and O–H groups in total. The van der Waals surface area contributed by atoms with E-state index in [1.165, 1.54) is 0 Å². The molecular weight excluding hydrogens is 322 g/mol. The van der Waals surface area contributed by atoms with Crippen molar-refractivity contribution in [2.24, 2.45) is 0 Å². The predicted octanol–water partition coefficient (Wildman–Crippen LogP) is 2.55. The first-order chi connectivity index (χ1) is 11.6. The Labute approximate surface area is 142 Å². The number of hydrogen-bond acceptors (Lipinski definition) is 3. The van der Waals surface area contributed by atoms with E-state index in [0.29, 0.717) is 6.54 Å². The number of sulfonamides is 1. The average molecular weight is 341 g/mol. The third kappa shape index (κ3) is 4.78. The molecule has 0 fully saturated rings. The van der Waals surface area contributed by atoms with Crippen molar-refractivity contribution in [1.82, 2.24) is 14.3 Å². The number of benzene rings is 2. The van der Waals surface area contributed by atoms with Crippen molar-refractivity contribution in [2.75, 3.05) is 0 Å². The van der Waals surface area contributed by atoms with Crippen LogP contribution < -0.4 is 4.72 Å². The van der Waals surface area contributed by atoms with Gasteiger partial charge in [0, 0.05) is 25.5 Å². The molecule has 0 amide bonds. The summed E-state index contributed by atoms with van der Waals surface area (Å²) in [5.74, 6) is -0.00739. The molecule has 1 aromatic heterocycles. The van der Waals surface area contributed by atoms with Gasteiger partial charge in [0.25, 0.3) is 0 Å². The lowest BCUT2D eigenvalue weighted by Crippen LogP contribution is -2.24. The fourth-order valence-electron chi connectivity index (χ4n) is 2.39. The molecule has 3 aromatic rings. The van der Waals surface area contributed by atoms with E-state index >= 15 is 0 Å². The topological polar surface area (TPSA) is 64.0 Å². The zero-order valence-electron chi connectivity index (χ0n) is 13.2. The first kappa shape index (κ1) is 16.4. The molecule has 0 aliphatic carbocycles. The van der Waals surface area contributed by atoms with Crippen LogP contribution in [0.4, 0.5) is 0 Å². The van der Waals surface area contributed by atoms with Gasteiger partial charge in [-0.1, -0.05) is 54.6 Å². The molecule has 24 heavy (non-hydrogen) atoms. The van der Waals surface area contributed by atoms with E-state index in [2.05, 4.69) is 9.71 Å². The Hall–Kier alpha value is -2.44. The normalized spacial score (nSPS) is 11.5. The highest BCUT2D eigenvalue weighted by Gasteiger charge is 2.10. The van der Waals surface area contributed by atoms with Gasteiger partial charge in [-0.25, -0.2) is 18.1 Å². The fraction of sp³-hybridized carbons (Fsp3) is 0.167. The first-order valence-electron chi connectivity index (χ1n) is 7.65. The van der Waals surface area contributed by atoms with Crippen LogP contribution in [0.1, 0.15) is 16.7 Å². The number of rotatable bonds is 7. The summed E-state index contributed by atoms with van der Waals surface area (Å²) < 4.78 is 28.9. The van der Waals surface area contributed by atoms with Gasteiger partial charge >= 0.3 is 0 Å². The third-order valence-corrected chi connectivity index (χ3v) is 4.94. The second-order valence-electron chi connectivity index (χ2n) is 5.62. The third-order valence-electron chi connectivity index (χ3n) is 3.64. The number of nitrogens with zero attached hydrogens (tertiary/aromatic N) is 2. The molecule has 0 bridgehead atoms. The van der Waals surface area contributed by atoms with Crippen LogP contribution >= 0.6 is 0 Å². The lowest BCUT2D eigenvalue weighted by Gasteiger charge is -2.08. The van der Waals surface area contributed by atoms with Crippen LogP contribution in [0.5, 0.6) is 0 Å². The number of hydrogen-bond donors (Lipinski definition) is 1. The smallest absolute Gasteiger partial charge is 0.216 e. The Morgan fingerprint density at radius 2 is 1.62 bits per heavy atom. The van der Waals surface area contributed by atoms with Crippen molar-refractivity contribution < 1.29 is 8.42 Å². The predicted molar refractivity (Wildman–Crippen MR) is 93.7 cm³/mol. The van der Waals surface area contributed by atoms with Gasteiger partial charge in [-0.3, -0.25) is 0 Å². The Morgan fingerprint density at radius 3 is 2.29 bits per heavy atom. The molecule has 6 heteroatoms. The van der Waals surface area contributed by atoms with E-state index in [9.17, 15) is 8.42 Å². The van der Waals surface area contributed by atoms with Gasteiger partial charge in [0.05, 0.1) is 12.1 Å². The molecule has 0 radical (unpaired) electrons. The molecule has 0 aliphatic heterocycles. The van der Waals surface area contributed by atoms with Crippen molar-refractivity contribution in [3.8, 4) is 0 Å². The molecule has 124 valence electrons. The molecular formula is C18H19N3O2S. The van der Waals surface area contributed by atoms with Gasteiger partial charge in [-0.05, 0) is 16.7 Å². The number of aromatic nitrogens is 2. The summed E-state index contributed by atoms with van der Waals surface area (Å²) in [5, 5.41) is 0. The summed E-state index contributed by atoms with van der Waals surface area (Å²) in [7, 11) is -3.35. The summed E-state index contributed by atoms with van der Waals surface area (Å²) in [5.41, 5.74) is 2.85. The van der Waals surface area contributed by atoms with Crippen LogP contribution in [-0.2, 0) is 28.9 Å². The van der Waals surface area contributed by atoms with E-state index in [4.69, 9.17) is 0 Å². The van der Waals surface area contributed by atoms with Gasteiger partial charge in [0.1, 0.15) is 0 Å². The SMILES string of the molecule is O=S(=O)(Cc1ccccc1)NCc1ccc(Cn2ccnc2)cc1. The standard InChI is InChI=1S/C18H19N3O2S/c22-24(23,14-18-4-2-1-3-5-18)20-12-16-6-8-17(9-7-16)13-21-11-10-19-15-21/h1-11,15,20H,12-14H2. The van der Waals surface area contributed by atoms with Crippen LogP contribution in [0.3, 0.4) is 0 Å². The Balaban J connectivity index is 1.56. The lowest BCUT2D eigenvalue weighted by molar-refractivity contribution is 0.580. The second-order valence-corrected chi connectivity index (χ2v) is 7.42. The van der Waals surface area contributed by atoms with Crippen LogP contribution in [0, 0.1) is 0 Å². The van der Waals surface area contributed by atoms with Crippen molar-refractivity contribution in [2.45, 2.75) is 18.8 Å². The highest BCUT2D eigenvalue weighted by Crippen LogP contribution is 2.08. The van der Waals surface area contributed by atoms with E-state index in [-0.39, 0.29) is 5.75 Å². The van der Waals surface area contributed by atoms with Crippen molar-refractivity contribution in [1.29, 1.82) is 0 Å². The molecule has 0 aliphatic rings. The minimum absolute atomic E-state index is 0.00739. The Bertz CT molecular complexity index is 858. The van der Waals surface area contributed by atoms with Crippen LogP contribution in [0.2, 0.25) is 0 Å². The molecule has 0 saturated heterocycles. The zero-order valence-corrected chi connectivity index (χ0v) is 14.0. The second kappa shape index (κ2) is 7.42. The van der Waals surface area contributed by atoms with Gasteiger partial charge < -0.3 is 4.57 Å². The number of nitrogens with one attached hydrogen (secondary N) is 1. The zero-order chi connectivity index (χ0) is 16.8. The van der Waals surface area contributed by atoms with E-state index in [0.717, 1.165) is 23.2 Å². The van der Waals surface area contributed by atoms with Crippen LogP contribution in [0.25, 0.3) is 0 Å². The summed E-state index contributed by atoms with van der Waals surface area (Å²) >= 11 is 0. The van der Waals surface area contributed by atoms with E-state index in [1.807, 2.05) is 65.4 Å². The maximum absolute atomic E-state index is 12.1. The van der Waals surface area contributed by atoms with Gasteiger partial charge in [0.15, 0.2) is 0 Å². The molecule has 2 aromatic carbocycles. The summed E-state index contributed by atoms with van der Waals surface area (Å²) in [6.45, 7) is 1.04. The minimum Gasteiger partial charge on any atom is -0.333 e. The Kier molecular flexibility index (Phi) is 5.08. The highest BCUT2D eigenvalue weighted by atomic mass is 32.2. The van der Waals surface area contributed by atoms with Gasteiger partial charge in [-0.2, -0.15) is 0 Å². The maximum atomic E-state index is 12.1. The average Bonchev–Trinajstić information content (AvgIpc) is 3.08. The van der Waals surface area contributed by atoms with Crippen molar-refractivity contribution in [3.63, 3.8) is 0 Å². The van der Waals surface area contributed by atoms with E-state index < -0.39 is 10.0 Å². The quantitative estimate of drug-likeness (QED) is 0.718. The van der Waals surface area contributed by atoms with Crippen molar-refractivity contribution in [3.05, 3.63) is 90.0 Å². The largest absolute Gasteiger partial charge is 0.333 e. The van der Waals surface area contributed by atoms with Crippen LogP contribution in [-0.4, -0.2) is 18.0 Å². The van der Waals surface area contributed by atoms with Crippen LogP contribution in [0.15, 0.2) is 73.3 Å². The van der Waals surface area contributed by atoms with Crippen molar-refractivity contribution >= 4 is 10.0 Å². The summed E-state index contributed by atoms with van der Waals surface area (Å²) in [6, 6.07) is 17.0. The lowest BCUT2D eigenvalue weighted by atomic mass is 10.1. The molecule has 3 rings (SSSR count). The fourth-order valence-corrected chi connectivity index (χ4v) is 3.51. The van der Waals surface area contributed by atoms with Gasteiger partial charge in [0.2, 0.25) is 10.0 Å². The molecule has 5 nitrogen and oxygen atoms in total. The van der Waals surface area contributed by atoms with E-state index in [1.54, 1.807) is 12.5 Å². The minimum atomic E-state index is -3.35. The molecule has 0 unspecified atom stereocenters. The summed E-state index contributed by atoms with van der Waals surface area (Å²) in [6.07, 6.45) is 5.42. The molecule has 1 heterocycles. The highest BCUT2D eigenvalue weighted by molar-refractivity contribution is 7.88. The molecule has 0 saturated carbocycles. The number of imidazole rings is 1. The molecule has 0 atom stereocenters.